The molecule has 6 nitrogen and oxygen atoms in total. The molecule has 0 radical (unpaired) electrons. The van der Waals surface area contributed by atoms with Crippen molar-refractivity contribution in [3.63, 3.8) is 0 Å². The number of benzene rings is 1. The number of carboxylic acid groups (broad SMARTS) is 1. The molecule has 0 aliphatic carbocycles. The number of aliphatic carboxylic acids is 1. The van der Waals surface area contributed by atoms with Gasteiger partial charge in [0.05, 0.1) is 10.3 Å². The lowest BCUT2D eigenvalue weighted by atomic mass is 9.84. The van der Waals surface area contributed by atoms with Crippen molar-refractivity contribution in [2.45, 2.75) is 26.2 Å². The zero-order valence-electron chi connectivity index (χ0n) is 12.8. The van der Waals surface area contributed by atoms with Crippen LogP contribution in [0, 0.1) is 5.53 Å². The van der Waals surface area contributed by atoms with Crippen molar-refractivity contribution >= 4 is 23.7 Å². The minimum Gasteiger partial charge on any atom is -0.472 e. The fraction of sp³-hybridized carbons (Fsp3) is 0.312. The molecule has 0 amide bonds. The predicted octanol–water partition coefficient (Wildman–Crippen LogP) is 2.31. The van der Waals surface area contributed by atoms with E-state index in [2.05, 4.69) is 25.6 Å². The van der Waals surface area contributed by atoms with Gasteiger partial charge in [-0.25, -0.2) is 9.59 Å². The third kappa shape index (κ3) is 4.68. The molecule has 0 atom stereocenters. The van der Waals surface area contributed by atoms with Gasteiger partial charge in [-0.15, -0.1) is 0 Å². The van der Waals surface area contributed by atoms with Crippen LogP contribution in [0.2, 0.25) is 0 Å². The molecule has 0 aromatic heterocycles. The molecule has 1 aromatic carbocycles. The largest absolute Gasteiger partial charge is 0.531 e. The summed E-state index contributed by atoms with van der Waals surface area (Å²) in [5.41, 5.74) is 7.81. The molecular formula is C16H19N2O4+. The Balaban J connectivity index is 2.75. The van der Waals surface area contributed by atoms with Crippen molar-refractivity contribution in [1.82, 2.24) is 0 Å². The summed E-state index contributed by atoms with van der Waals surface area (Å²) < 4.78 is 4.75. The molecule has 0 fully saturated rings. The van der Waals surface area contributed by atoms with Crippen LogP contribution in [0.3, 0.4) is 0 Å². The van der Waals surface area contributed by atoms with Gasteiger partial charge in [0.25, 0.3) is 0 Å². The highest BCUT2D eigenvalue weighted by Gasteiger charge is 2.33. The quantitative estimate of drug-likeness (QED) is 0.286. The second kappa shape index (κ2) is 7.33. The third-order valence-corrected chi connectivity index (χ3v) is 2.88. The molecule has 6 heteroatoms. The lowest BCUT2D eigenvalue weighted by Crippen LogP contribution is -2.27. The molecule has 0 heterocycles. The van der Waals surface area contributed by atoms with E-state index in [0.717, 1.165) is 11.1 Å². The van der Waals surface area contributed by atoms with Gasteiger partial charge >= 0.3 is 17.7 Å². The van der Waals surface area contributed by atoms with E-state index in [1.165, 1.54) is 0 Å². The van der Waals surface area contributed by atoms with Gasteiger partial charge in [-0.05, 0) is 22.6 Å². The maximum Gasteiger partial charge on any atom is 0.531 e. The minimum atomic E-state index is -1.58. The summed E-state index contributed by atoms with van der Waals surface area (Å²) in [4.78, 5) is 24.6. The summed E-state index contributed by atoms with van der Waals surface area (Å²) in [5, 5.41) is 8.63. The highest BCUT2D eigenvalue weighted by atomic mass is 16.5. The van der Waals surface area contributed by atoms with Crippen LogP contribution in [0.15, 0.2) is 30.3 Å². The average Bonchev–Trinajstić information content (AvgIpc) is 2.43. The number of hydrogen-bond acceptors (Lipinski definition) is 4. The number of ether oxygens (including phenoxy) is 1. The Bertz CT molecular complexity index is 650. The van der Waals surface area contributed by atoms with Crippen LogP contribution in [-0.2, 0) is 19.7 Å². The van der Waals surface area contributed by atoms with E-state index in [9.17, 15) is 9.59 Å². The number of carbonyl (C=O) groups excluding carboxylic acids is 1. The standard InChI is InChI=1S/C16H18N2O4/c1-16(2,3)12-9-5-4-7-11(12)8-6-10-22-15(21)13(18-17)14(19)20/h4-9,17H,10H2,1-3H3/p+1. The second-order valence-corrected chi connectivity index (χ2v) is 5.60. The van der Waals surface area contributed by atoms with Gasteiger partial charge in [0.15, 0.2) is 0 Å². The monoisotopic (exact) mass is 303 g/mol. The van der Waals surface area contributed by atoms with E-state index in [-0.39, 0.29) is 12.0 Å². The Hall–Kier alpha value is -2.72. The number of hydrogen-bond donors (Lipinski definition) is 2. The maximum absolute atomic E-state index is 11.4. The van der Waals surface area contributed by atoms with Crippen LogP contribution < -0.4 is 0 Å². The number of esters is 1. The van der Waals surface area contributed by atoms with E-state index in [4.69, 9.17) is 15.4 Å². The summed E-state index contributed by atoms with van der Waals surface area (Å²) in [6.45, 7) is 6.21. The van der Waals surface area contributed by atoms with Gasteiger partial charge in [-0.1, -0.05) is 51.1 Å². The van der Waals surface area contributed by atoms with Crippen LogP contribution in [-0.4, -0.2) is 34.2 Å². The molecule has 116 valence electrons. The topological polar surface area (TPSA) is 102 Å². The average molecular weight is 303 g/mol. The van der Waals surface area contributed by atoms with E-state index < -0.39 is 17.7 Å². The van der Waals surface area contributed by atoms with Crippen LogP contribution in [0.5, 0.6) is 0 Å². The summed E-state index contributed by atoms with van der Waals surface area (Å²) in [7, 11) is 0. The second-order valence-electron chi connectivity index (χ2n) is 5.60. The Labute approximate surface area is 128 Å². The van der Waals surface area contributed by atoms with E-state index in [0.29, 0.717) is 0 Å². The maximum atomic E-state index is 11.4. The minimum absolute atomic E-state index is 0.0219. The van der Waals surface area contributed by atoms with Gasteiger partial charge in [0.2, 0.25) is 0 Å². The van der Waals surface area contributed by atoms with Crippen molar-refractivity contribution in [2.24, 2.45) is 0 Å². The summed E-state index contributed by atoms with van der Waals surface area (Å²) in [6, 6.07) is 7.85. The summed E-state index contributed by atoms with van der Waals surface area (Å²) >= 11 is 0. The van der Waals surface area contributed by atoms with Gasteiger partial charge in [0.1, 0.15) is 6.61 Å². The molecular weight excluding hydrogens is 284 g/mol. The van der Waals surface area contributed by atoms with Crippen molar-refractivity contribution in [2.75, 3.05) is 6.61 Å². The first-order valence-corrected chi connectivity index (χ1v) is 6.68. The van der Waals surface area contributed by atoms with E-state index >= 15 is 0 Å². The summed E-state index contributed by atoms with van der Waals surface area (Å²) in [5.74, 6) is -2.71. The summed E-state index contributed by atoms with van der Waals surface area (Å²) in [6.07, 6.45) is 3.43. The van der Waals surface area contributed by atoms with Crippen molar-refractivity contribution in [3.8, 4) is 0 Å². The highest BCUT2D eigenvalue weighted by molar-refractivity contribution is 6.60. The Morgan fingerprint density at radius 2 is 1.95 bits per heavy atom. The van der Waals surface area contributed by atoms with Crippen LogP contribution in [0.25, 0.3) is 6.08 Å². The Kier molecular flexibility index (Phi) is 5.78. The smallest absolute Gasteiger partial charge is 0.472 e. The SMILES string of the molecule is CC(C)(C)c1ccccc1C=CCOC(=O)C(=[N+]=N)C(=O)O. The number of nitrogens with one attached hydrogen (secondary N) is 1. The molecule has 22 heavy (non-hydrogen) atoms. The van der Waals surface area contributed by atoms with Gasteiger partial charge in [-0.2, -0.15) is 0 Å². The Morgan fingerprint density at radius 3 is 2.50 bits per heavy atom. The molecule has 0 saturated carbocycles. The van der Waals surface area contributed by atoms with Gasteiger partial charge < -0.3 is 9.84 Å². The zero-order valence-corrected chi connectivity index (χ0v) is 12.8. The van der Waals surface area contributed by atoms with Crippen molar-refractivity contribution in [3.05, 3.63) is 41.5 Å². The number of rotatable bonds is 5. The molecule has 0 saturated heterocycles. The first-order valence-electron chi connectivity index (χ1n) is 6.68. The molecule has 2 N–H and O–H groups in total. The number of carboxylic acids is 1. The normalized spacial score (nSPS) is 11.0. The molecule has 1 aromatic rings. The van der Waals surface area contributed by atoms with Crippen LogP contribution in [0.1, 0.15) is 31.9 Å². The first kappa shape index (κ1) is 17.3. The molecule has 0 aliphatic rings. The lowest BCUT2D eigenvalue weighted by molar-refractivity contribution is -0.161. The zero-order chi connectivity index (χ0) is 16.8. The van der Waals surface area contributed by atoms with Crippen LogP contribution in [0.4, 0.5) is 0 Å². The van der Waals surface area contributed by atoms with Crippen LogP contribution >= 0.6 is 0 Å². The lowest BCUT2D eigenvalue weighted by Gasteiger charge is -2.21. The third-order valence-electron chi connectivity index (χ3n) is 2.88. The van der Waals surface area contributed by atoms with Gasteiger partial charge in [-0.3, -0.25) is 0 Å². The molecule has 0 aliphatic heterocycles. The number of carbonyl (C=O) groups is 2. The van der Waals surface area contributed by atoms with Gasteiger partial charge in [0, 0.05) is 0 Å². The van der Waals surface area contributed by atoms with E-state index in [1.807, 2.05) is 30.3 Å². The highest BCUT2D eigenvalue weighted by Crippen LogP contribution is 2.26. The molecule has 0 unspecified atom stereocenters. The van der Waals surface area contributed by atoms with E-state index in [1.54, 1.807) is 6.08 Å². The molecule has 1 rings (SSSR count). The molecule has 0 bridgehead atoms. The number of nitrogens with zero attached hydrogens (tertiary/aromatic N) is 1. The predicted molar refractivity (Wildman–Crippen MR) is 80.8 cm³/mol. The van der Waals surface area contributed by atoms with Crippen molar-refractivity contribution in [1.29, 1.82) is 5.53 Å². The first-order chi connectivity index (χ1) is 10.3. The fourth-order valence-corrected chi connectivity index (χ4v) is 1.87. The Morgan fingerprint density at radius 1 is 1.32 bits per heavy atom. The van der Waals surface area contributed by atoms with Crippen molar-refractivity contribution < 1.29 is 24.2 Å². The molecule has 0 spiro atoms. The fourth-order valence-electron chi connectivity index (χ4n) is 1.87.